The molecule has 1 aliphatic carbocycles. The maximum absolute atomic E-state index is 12.5. The van der Waals surface area contributed by atoms with Gasteiger partial charge in [-0.3, -0.25) is 4.79 Å². The molecule has 1 amide bonds. The van der Waals surface area contributed by atoms with Crippen LogP contribution in [0.3, 0.4) is 0 Å². The van der Waals surface area contributed by atoms with Crippen molar-refractivity contribution in [3.05, 3.63) is 53.9 Å². The molecule has 6 nitrogen and oxygen atoms in total. The molecule has 0 fully saturated rings. The molecular formula is C15H14N4O2. The molecule has 4 rings (SSSR count). The lowest BCUT2D eigenvalue weighted by molar-refractivity contribution is 0.0933. The van der Waals surface area contributed by atoms with E-state index in [1.165, 1.54) is 0 Å². The van der Waals surface area contributed by atoms with Crippen molar-refractivity contribution < 1.29 is 9.21 Å². The van der Waals surface area contributed by atoms with Crippen molar-refractivity contribution in [1.82, 2.24) is 19.9 Å². The zero-order valence-electron chi connectivity index (χ0n) is 11.3. The smallest absolute Gasteiger partial charge is 0.257 e. The van der Waals surface area contributed by atoms with Crippen molar-refractivity contribution in [1.29, 1.82) is 0 Å². The Morgan fingerprint density at radius 3 is 3.38 bits per heavy atom. The van der Waals surface area contributed by atoms with Gasteiger partial charge < -0.3 is 9.73 Å². The predicted molar refractivity (Wildman–Crippen MR) is 74.8 cm³/mol. The average molecular weight is 282 g/mol. The van der Waals surface area contributed by atoms with Crippen molar-refractivity contribution in [3.63, 3.8) is 0 Å². The van der Waals surface area contributed by atoms with E-state index >= 15 is 0 Å². The molecule has 0 bridgehead atoms. The predicted octanol–water partition coefficient (Wildman–Crippen LogP) is 2.13. The van der Waals surface area contributed by atoms with Crippen LogP contribution >= 0.6 is 0 Å². The van der Waals surface area contributed by atoms with E-state index in [2.05, 4.69) is 15.4 Å². The van der Waals surface area contributed by atoms with Crippen molar-refractivity contribution in [3.8, 4) is 0 Å². The number of nitrogens with one attached hydrogen (secondary N) is 1. The van der Waals surface area contributed by atoms with Crippen LogP contribution in [0.2, 0.25) is 0 Å². The third-order valence-electron chi connectivity index (χ3n) is 3.88. The minimum Gasteiger partial charge on any atom is -0.469 e. The molecule has 1 atom stereocenters. The van der Waals surface area contributed by atoms with Crippen molar-refractivity contribution in [2.24, 2.45) is 0 Å². The van der Waals surface area contributed by atoms with Gasteiger partial charge in [-0.25, -0.2) is 9.50 Å². The Hall–Kier alpha value is -2.63. The standard InChI is InChI=1S/C15H14N4O2/c20-15(11-9-17-19-7-2-6-16-14(11)19)18-12-3-1-4-13-10(12)5-8-21-13/h2,5-9,12H,1,3-4H2,(H,18,20)/t12-/m0/s1. The molecule has 0 saturated heterocycles. The van der Waals surface area contributed by atoms with Crippen LogP contribution in [-0.2, 0) is 6.42 Å². The molecule has 21 heavy (non-hydrogen) atoms. The van der Waals surface area contributed by atoms with E-state index in [-0.39, 0.29) is 11.9 Å². The molecule has 1 aliphatic rings. The Morgan fingerprint density at radius 2 is 2.43 bits per heavy atom. The third-order valence-corrected chi connectivity index (χ3v) is 3.88. The van der Waals surface area contributed by atoms with Gasteiger partial charge in [-0.05, 0) is 25.0 Å². The fraction of sp³-hybridized carbons (Fsp3) is 0.267. The van der Waals surface area contributed by atoms with Crippen molar-refractivity contribution >= 4 is 11.6 Å². The van der Waals surface area contributed by atoms with Crippen LogP contribution in [0.4, 0.5) is 0 Å². The third kappa shape index (κ3) is 1.99. The number of furan rings is 1. The highest BCUT2D eigenvalue weighted by Gasteiger charge is 2.25. The average Bonchev–Trinajstić information content (AvgIpc) is 3.14. The number of rotatable bonds is 2. The Kier molecular flexibility index (Phi) is 2.73. The first-order valence-corrected chi connectivity index (χ1v) is 6.98. The van der Waals surface area contributed by atoms with Gasteiger partial charge in [-0.1, -0.05) is 0 Å². The summed E-state index contributed by atoms with van der Waals surface area (Å²) in [6, 6.07) is 3.72. The zero-order valence-corrected chi connectivity index (χ0v) is 11.3. The number of fused-ring (bicyclic) bond motifs is 2. The van der Waals surface area contributed by atoms with Crippen LogP contribution in [0.15, 0.2) is 41.4 Å². The van der Waals surface area contributed by atoms with Gasteiger partial charge in [0.1, 0.15) is 11.3 Å². The van der Waals surface area contributed by atoms with Crippen LogP contribution < -0.4 is 5.32 Å². The molecule has 3 aromatic rings. The Balaban J connectivity index is 1.62. The lowest BCUT2D eigenvalue weighted by atomic mass is 9.93. The summed E-state index contributed by atoms with van der Waals surface area (Å²) in [6.07, 6.45) is 9.54. The maximum Gasteiger partial charge on any atom is 0.257 e. The zero-order chi connectivity index (χ0) is 14.2. The van der Waals surface area contributed by atoms with E-state index in [0.717, 1.165) is 30.6 Å². The molecule has 0 unspecified atom stereocenters. The molecule has 3 heterocycles. The summed E-state index contributed by atoms with van der Waals surface area (Å²) in [5.41, 5.74) is 2.14. The molecule has 0 spiro atoms. The Morgan fingerprint density at radius 1 is 1.48 bits per heavy atom. The van der Waals surface area contributed by atoms with E-state index < -0.39 is 0 Å². The molecule has 0 aromatic carbocycles. The molecule has 0 saturated carbocycles. The summed E-state index contributed by atoms with van der Waals surface area (Å²) < 4.78 is 7.04. The lowest BCUT2D eigenvalue weighted by Crippen LogP contribution is -2.30. The second-order valence-electron chi connectivity index (χ2n) is 5.16. The largest absolute Gasteiger partial charge is 0.469 e. The van der Waals surface area contributed by atoms with E-state index in [1.54, 1.807) is 35.4 Å². The van der Waals surface area contributed by atoms with Gasteiger partial charge in [-0.2, -0.15) is 5.10 Å². The number of aryl methyl sites for hydroxylation is 1. The second-order valence-corrected chi connectivity index (χ2v) is 5.16. The monoisotopic (exact) mass is 282 g/mol. The highest BCUT2D eigenvalue weighted by Crippen LogP contribution is 2.30. The number of hydrogen-bond donors (Lipinski definition) is 1. The van der Waals surface area contributed by atoms with Gasteiger partial charge in [-0.15, -0.1) is 0 Å². The summed E-state index contributed by atoms with van der Waals surface area (Å²) in [4.78, 5) is 16.7. The Labute approximate surface area is 120 Å². The fourth-order valence-electron chi connectivity index (χ4n) is 2.86. The summed E-state index contributed by atoms with van der Waals surface area (Å²) in [5.74, 6) is 0.826. The van der Waals surface area contributed by atoms with Crippen molar-refractivity contribution in [2.75, 3.05) is 0 Å². The molecular weight excluding hydrogens is 268 g/mol. The van der Waals surface area contributed by atoms with E-state index in [9.17, 15) is 4.79 Å². The first-order valence-electron chi connectivity index (χ1n) is 6.98. The fourth-order valence-corrected chi connectivity index (χ4v) is 2.86. The van der Waals surface area contributed by atoms with E-state index in [1.807, 2.05) is 6.07 Å². The minimum atomic E-state index is -0.150. The number of aromatic nitrogens is 3. The molecule has 106 valence electrons. The topological polar surface area (TPSA) is 72.4 Å². The minimum absolute atomic E-state index is 0.00124. The number of amides is 1. The van der Waals surface area contributed by atoms with Gasteiger partial charge in [0.15, 0.2) is 5.65 Å². The van der Waals surface area contributed by atoms with E-state index in [4.69, 9.17) is 4.42 Å². The number of nitrogens with zero attached hydrogens (tertiary/aromatic N) is 3. The maximum atomic E-state index is 12.5. The van der Waals surface area contributed by atoms with Gasteiger partial charge in [0.2, 0.25) is 0 Å². The summed E-state index contributed by atoms with van der Waals surface area (Å²) in [5, 5.41) is 7.21. The van der Waals surface area contributed by atoms with Gasteiger partial charge in [0.25, 0.3) is 5.91 Å². The summed E-state index contributed by atoms with van der Waals surface area (Å²) in [7, 11) is 0. The Bertz CT molecular complexity index is 805. The summed E-state index contributed by atoms with van der Waals surface area (Å²) >= 11 is 0. The summed E-state index contributed by atoms with van der Waals surface area (Å²) in [6.45, 7) is 0. The SMILES string of the molecule is O=C(N[C@H]1CCCc2occc21)c1cnn2cccnc12. The van der Waals surface area contributed by atoms with Gasteiger partial charge in [0, 0.05) is 24.4 Å². The highest BCUT2D eigenvalue weighted by atomic mass is 16.3. The number of carbonyl (C=O) groups is 1. The first kappa shape index (κ1) is 12.1. The van der Waals surface area contributed by atoms with Crippen LogP contribution in [0, 0.1) is 0 Å². The van der Waals surface area contributed by atoms with Gasteiger partial charge in [0.05, 0.1) is 18.5 Å². The molecule has 6 heteroatoms. The van der Waals surface area contributed by atoms with E-state index in [0.29, 0.717) is 11.2 Å². The van der Waals surface area contributed by atoms with Gasteiger partial charge >= 0.3 is 0 Å². The first-order chi connectivity index (χ1) is 10.3. The second kappa shape index (κ2) is 4.73. The van der Waals surface area contributed by atoms with Crippen molar-refractivity contribution in [2.45, 2.75) is 25.3 Å². The normalized spacial score (nSPS) is 17.6. The molecule has 3 aromatic heterocycles. The highest BCUT2D eigenvalue weighted by molar-refractivity contribution is 5.99. The van der Waals surface area contributed by atoms with Crippen LogP contribution in [-0.4, -0.2) is 20.5 Å². The number of hydrogen-bond acceptors (Lipinski definition) is 4. The lowest BCUT2D eigenvalue weighted by Gasteiger charge is -2.22. The molecule has 1 N–H and O–H groups in total. The van der Waals surface area contributed by atoms with Crippen LogP contribution in [0.1, 0.15) is 40.6 Å². The molecule has 0 radical (unpaired) electrons. The van der Waals surface area contributed by atoms with Crippen LogP contribution in [0.5, 0.6) is 0 Å². The number of carbonyl (C=O) groups excluding carboxylic acids is 1. The molecule has 0 aliphatic heterocycles. The van der Waals surface area contributed by atoms with Crippen LogP contribution in [0.25, 0.3) is 5.65 Å². The quantitative estimate of drug-likeness (QED) is 0.781.